The predicted octanol–water partition coefficient (Wildman–Crippen LogP) is 1.79. The first kappa shape index (κ1) is 23.9. The third kappa shape index (κ3) is 13700. The van der Waals surface area contributed by atoms with Crippen LogP contribution in [0.4, 0.5) is 0 Å². The molecule has 4 nitrogen and oxygen atoms in total. The van der Waals surface area contributed by atoms with Crippen molar-refractivity contribution in [3.8, 4) is 0 Å². The van der Waals surface area contributed by atoms with E-state index in [2.05, 4.69) is 50.5 Å². The van der Waals surface area contributed by atoms with Crippen molar-refractivity contribution in [2.45, 2.75) is 13.8 Å². The van der Waals surface area contributed by atoms with Crippen molar-refractivity contribution in [3.05, 3.63) is 0 Å². The minimum atomic E-state index is -0.833. The van der Waals surface area contributed by atoms with Gasteiger partial charge in [0.2, 0.25) is 0 Å². The minimum Gasteiger partial charge on any atom is -0.481 e. The first-order chi connectivity index (χ1) is 6.29. The number of carboxylic acids is 2. The van der Waals surface area contributed by atoms with Crippen LogP contribution in [0, 0.1) is 0 Å². The average molecular weight is 280 g/mol. The zero-order valence-corrected chi connectivity index (χ0v) is 11.5. The van der Waals surface area contributed by atoms with Gasteiger partial charge in [-0.25, -0.2) is 0 Å². The van der Waals surface area contributed by atoms with Crippen LogP contribution in [0.25, 0.3) is 0 Å². The van der Waals surface area contributed by atoms with Gasteiger partial charge in [0.05, 0.1) is 0 Å². The van der Waals surface area contributed by atoms with Crippen LogP contribution in [0.2, 0.25) is 0 Å². The molecule has 0 saturated heterocycles. The lowest BCUT2D eigenvalue weighted by molar-refractivity contribution is -0.135. The number of hydrogen-bond donors (Lipinski definition) is 6. The van der Waals surface area contributed by atoms with Crippen molar-refractivity contribution >= 4 is 62.5 Å². The second-order valence-electron chi connectivity index (χ2n) is 1.32. The van der Waals surface area contributed by atoms with Gasteiger partial charge in [0.25, 0.3) is 11.9 Å². The number of carboxylic acid groups (broad SMARTS) is 2. The summed E-state index contributed by atoms with van der Waals surface area (Å²) >= 11 is 14.6. The van der Waals surface area contributed by atoms with Crippen LogP contribution in [-0.2, 0) is 9.59 Å². The highest BCUT2D eigenvalue weighted by molar-refractivity contribution is 7.98. The van der Waals surface area contributed by atoms with Gasteiger partial charge in [-0.05, 0) is 0 Å². The molecule has 0 amide bonds. The second kappa shape index (κ2) is 29.2. The highest BCUT2D eigenvalue weighted by Gasteiger charge is 1.65. The van der Waals surface area contributed by atoms with Crippen molar-refractivity contribution in [1.29, 1.82) is 0 Å². The molecule has 8 heteroatoms. The standard InChI is InChI=1S/2C2H4O2.2CH4S2/c2*1-2(3)4;2*2-1-3/h2*1H3,(H,3,4);2*2-3H,1H2. The van der Waals surface area contributed by atoms with Crippen LogP contribution in [-0.4, -0.2) is 32.3 Å². The van der Waals surface area contributed by atoms with E-state index in [4.69, 9.17) is 19.8 Å². The Balaban J connectivity index is -0.0000000482. The highest BCUT2D eigenvalue weighted by Crippen LogP contribution is 1.70. The molecule has 0 aromatic carbocycles. The Hall–Kier alpha value is 0.340. The molecule has 0 bridgehead atoms. The predicted molar refractivity (Wildman–Crippen MR) is 72.3 cm³/mol. The van der Waals surface area contributed by atoms with E-state index >= 15 is 0 Å². The summed E-state index contributed by atoms with van der Waals surface area (Å²) in [5.74, 6) is -1.67. The van der Waals surface area contributed by atoms with Crippen molar-refractivity contribution in [2.75, 3.05) is 10.2 Å². The molecule has 0 fully saturated rings. The largest absolute Gasteiger partial charge is 0.481 e. The van der Waals surface area contributed by atoms with Crippen molar-refractivity contribution in [1.82, 2.24) is 0 Å². The quantitative estimate of drug-likeness (QED) is 0.302. The number of carbonyl (C=O) groups is 2. The topological polar surface area (TPSA) is 74.6 Å². The molecule has 0 aliphatic heterocycles. The SMILES string of the molecule is CC(=O)O.CC(=O)O.SCS.SCS. The molecule has 0 atom stereocenters. The van der Waals surface area contributed by atoms with Crippen LogP contribution < -0.4 is 0 Å². The Kier molecular flexibility index (Phi) is 49.8. The van der Waals surface area contributed by atoms with E-state index in [1.54, 1.807) is 0 Å². The normalized spacial score (nSPS) is 6.14. The second-order valence-corrected chi connectivity index (χ2v) is 3.58. The Bertz CT molecular complexity index is 98.4. The number of rotatable bonds is 0. The Morgan fingerprint density at radius 2 is 0.857 bits per heavy atom. The van der Waals surface area contributed by atoms with E-state index in [1.165, 1.54) is 0 Å². The van der Waals surface area contributed by atoms with E-state index < -0.39 is 11.9 Å². The lowest BCUT2D eigenvalue weighted by Crippen LogP contribution is -1.78. The minimum absolute atomic E-state index is 0.639. The lowest BCUT2D eigenvalue weighted by Gasteiger charge is -1.59. The maximum absolute atomic E-state index is 9.00. The summed E-state index contributed by atoms with van der Waals surface area (Å²) in [5, 5.41) is 16.1. The Morgan fingerprint density at radius 1 is 0.857 bits per heavy atom. The highest BCUT2D eigenvalue weighted by atomic mass is 32.2. The summed E-state index contributed by atoms with van der Waals surface area (Å²) in [6.45, 7) is 2.17. The van der Waals surface area contributed by atoms with Gasteiger partial charge >= 0.3 is 0 Å². The van der Waals surface area contributed by atoms with E-state index in [1.807, 2.05) is 0 Å². The number of thiol groups is 4. The Morgan fingerprint density at radius 3 is 0.857 bits per heavy atom. The van der Waals surface area contributed by atoms with Crippen molar-refractivity contribution < 1.29 is 19.8 Å². The number of aliphatic carboxylic acids is 2. The van der Waals surface area contributed by atoms with Crippen molar-refractivity contribution in [2.24, 2.45) is 0 Å². The van der Waals surface area contributed by atoms with Crippen LogP contribution in [0.5, 0.6) is 0 Å². The van der Waals surface area contributed by atoms with Gasteiger partial charge in [-0.3, -0.25) is 9.59 Å². The van der Waals surface area contributed by atoms with Gasteiger partial charge < -0.3 is 10.2 Å². The molecule has 0 aliphatic rings. The lowest BCUT2D eigenvalue weighted by atomic mass is 10.9. The molecular weight excluding hydrogens is 264 g/mol. The molecule has 0 aromatic rings. The van der Waals surface area contributed by atoms with E-state index in [0.29, 0.717) is 10.2 Å². The average Bonchev–Trinajstić information content (AvgIpc) is 1.85. The summed E-state index contributed by atoms with van der Waals surface area (Å²) in [7, 11) is 0. The molecule has 0 spiro atoms. The van der Waals surface area contributed by atoms with Crippen LogP contribution in [0.1, 0.15) is 13.8 Å². The summed E-state index contributed by atoms with van der Waals surface area (Å²) in [6.07, 6.45) is 0. The van der Waals surface area contributed by atoms with Crippen LogP contribution in [0.15, 0.2) is 0 Å². The summed E-state index contributed by atoms with van der Waals surface area (Å²) in [5.41, 5.74) is 0. The van der Waals surface area contributed by atoms with Gasteiger partial charge in [0.15, 0.2) is 0 Å². The third-order valence-electron chi connectivity index (χ3n) is 0. The summed E-state index contributed by atoms with van der Waals surface area (Å²) in [4.78, 5) is 18.0. The van der Waals surface area contributed by atoms with Gasteiger partial charge in [0, 0.05) is 24.0 Å². The van der Waals surface area contributed by atoms with Crippen molar-refractivity contribution in [3.63, 3.8) is 0 Å². The third-order valence-corrected chi connectivity index (χ3v) is 0. The molecule has 0 heterocycles. The molecule has 0 aliphatic carbocycles. The van der Waals surface area contributed by atoms with E-state index in [0.717, 1.165) is 13.8 Å². The zero-order valence-electron chi connectivity index (χ0n) is 7.91. The summed E-state index contributed by atoms with van der Waals surface area (Å²) in [6, 6.07) is 0. The van der Waals surface area contributed by atoms with Crippen LogP contribution >= 0.6 is 50.5 Å². The van der Waals surface area contributed by atoms with Gasteiger partial charge in [0.1, 0.15) is 0 Å². The maximum Gasteiger partial charge on any atom is 0.300 e. The molecule has 0 rings (SSSR count). The molecule has 14 heavy (non-hydrogen) atoms. The van der Waals surface area contributed by atoms with E-state index in [-0.39, 0.29) is 0 Å². The first-order valence-electron chi connectivity index (χ1n) is 3.12. The fraction of sp³-hybridized carbons (Fsp3) is 0.667. The van der Waals surface area contributed by atoms with Gasteiger partial charge in [-0.2, -0.15) is 50.5 Å². The van der Waals surface area contributed by atoms with Gasteiger partial charge in [-0.15, -0.1) is 0 Å². The van der Waals surface area contributed by atoms with Gasteiger partial charge in [-0.1, -0.05) is 0 Å². The first-order valence-corrected chi connectivity index (χ1v) is 5.65. The molecular formula is C6H16O4S4. The monoisotopic (exact) mass is 280 g/mol. The van der Waals surface area contributed by atoms with Crippen LogP contribution in [0.3, 0.4) is 0 Å². The number of hydrogen-bond acceptors (Lipinski definition) is 6. The fourth-order valence-corrected chi connectivity index (χ4v) is 0. The smallest absolute Gasteiger partial charge is 0.300 e. The van der Waals surface area contributed by atoms with E-state index in [9.17, 15) is 0 Å². The zero-order chi connectivity index (χ0) is 12.6. The molecule has 0 radical (unpaired) electrons. The molecule has 0 aromatic heterocycles. The fourth-order valence-electron chi connectivity index (χ4n) is 0. The Labute approximate surface area is 106 Å². The maximum atomic E-state index is 9.00. The molecule has 0 unspecified atom stereocenters. The summed E-state index contributed by atoms with van der Waals surface area (Å²) < 4.78 is 0. The molecule has 0 saturated carbocycles. The molecule has 88 valence electrons. The molecule has 2 N–H and O–H groups in total.